The highest BCUT2D eigenvalue weighted by Crippen LogP contribution is 2.13. The molecule has 3 heteroatoms. The summed E-state index contributed by atoms with van der Waals surface area (Å²) in [5.74, 6) is 0.938. The first-order valence-electron chi connectivity index (χ1n) is 7.66. The number of amides is 1. The van der Waals surface area contributed by atoms with Gasteiger partial charge in [0.2, 0.25) is 5.91 Å². The lowest BCUT2D eigenvalue weighted by molar-refractivity contribution is -0.132. The lowest BCUT2D eigenvalue weighted by Crippen LogP contribution is -2.47. The second-order valence-electron chi connectivity index (χ2n) is 5.81. The van der Waals surface area contributed by atoms with Gasteiger partial charge in [0, 0.05) is 25.6 Å². The number of nitrogens with one attached hydrogen (secondary N) is 1. The van der Waals surface area contributed by atoms with Crippen LogP contribution in [-0.4, -0.2) is 36.5 Å². The second kappa shape index (κ2) is 8.52. The van der Waals surface area contributed by atoms with Gasteiger partial charge in [-0.2, -0.15) is 0 Å². The van der Waals surface area contributed by atoms with E-state index in [-0.39, 0.29) is 0 Å². The Kier molecular flexibility index (Phi) is 7.33. The lowest BCUT2D eigenvalue weighted by atomic mass is 10.0. The van der Waals surface area contributed by atoms with Gasteiger partial charge in [-0.25, -0.2) is 0 Å². The molecule has 1 rings (SSSR count). The number of carbonyl (C=O) groups is 1. The lowest BCUT2D eigenvalue weighted by Gasteiger charge is -2.31. The van der Waals surface area contributed by atoms with E-state index in [1.54, 1.807) is 0 Å². The standard InChI is InChI=1S/C15H30N2O/c1-4-10-16-14(13(2)3)12-17-11-8-6-5-7-9-15(17)18/h13-14,16H,4-12H2,1-3H3. The average molecular weight is 254 g/mol. The summed E-state index contributed by atoms with van der Waals surface area (Å²) < 4.78 is 0. The van der Waals surface area contributed by atoms with Crippen LogP contribution < -0.4 is 5.32 Å². The summed E-state index contributed by atoms with van der Waals surface area (Å²) >= 11 is 0. The Morgan fingerprint density at radius 3 is 2.61 bits per heavy atom. The number of nitrogens with zero attached hydrogens (tertiary/aromatic N) is 1. The monoisotopic (exact) mass is 254 g/mol. The van der Waals surface area contributed by atoms with E-state index in [9.17, 15) is 4.79 Å². The molecule has 1 atom stereocenters. The predicted molar refractivity (Wildman–Crippen MR) is 76.6 cm³/mol. The Bertz CT molecular complexity index is 241. The molecule has 0 bridgehead atoms. The topological polar surface area (TPSA) is 32.3 Å². The van der Waals surface area contributed by atoms with E-state index < -0.39 is 0 Å². The molecule has 1 fully saturated rings. The third kappa shape index (κ3) is 5.38. The van der Waals surface area contributed by atoms with Gasteiger partial charge in [-0.15, -0.1) is 0 Å². The van der Waals surface area contributed by atoms with Crippen LogP contribution in [0.15, 0.2) is 0 Å². The van der Waals surface area contributed by atoms with Crippen molar-refractivity contribution in [3.63, 3.8) is 0 Å². The maximum Gasteiger partial charge on any atom is 0.222 e. The van der Waals surface area contributed by atoms with Crippen molar-refractivity contribution < 1.29 is 4.79 Å². The highest BCUT2D eigenvalue weighted by Gasteiger charge is 2.21. The molecule has 3 nitrogen and oxygen atoms in total. The van der Waals surface area contributed by atoms with Crippen molar-refractivity contribution in [1.82, 2.24) is 10.2 Å². The van der Waals surface area contributed by atoms with E-state index in [1.165, 1.54) is 19.3 Å². The highest BCUT2D eigenvalue weighted by molar-refractivity contribution is 5.76. The van der Waals surface area contributed by atoms with Crippen LogP contribution in [0.25, 0.3) is 0 Å². The SMILES string of the molecule is CCCNC(CN1CCCCCCC1=O)C(C)C. The molecule has 0 aromatic carbocycles. The zero-order valence-electron chi connectivity index (χ0n) is 12.4. The molecule has 1 unspecified atom stereocenters. The first-order valence-corrected chi connectivity index (χ1v) is 7.66. The summed E-state index contributed by atoms with van der Waals surface area (Å²) in [6.07, 6.45) is 6.64. The van der Waals surface area contributed by atoms with Crippen LogP contribution in [0.5, 0.6) is 0 Å². The van der Waals surface area contributed by atoms with Crippen molar-refractivity contribution in [2.24, 2.45) is 5.92 Å². The van der Waals surface area contributed by atoms with Crippen LogP contribution in [-0.2, 0) is 4.79 Å². The summed E-state index contributed by atoms with van der Waals surface area (Å²) in [4.78, 5) is 14.2. The molecule has 0 spiro atoms. The Labute approximate surface area is 112 Å². The van der Waals surface area contributed by atoms with Gasteiger partial charge >= 0.3 is 0 Å². The quantitative estimate of drug-likeness (QED) is 0.790. The smallest absolute Gasteiger partial charge is 0.222 e. The Balaban J connectivity index is 2.50. The third-order valence-corrected chi connectivity index (χ3v) is 3.80. The summed E-state index contributed by atoms with van der Waals surface area (Å²) in [5.41, 5.74) is 0. The van der Waals surface area contributed by atoms with E-state index >= 15 is 0 Å². The van der Waals surface area contributed by atoms with Crippen LogP contribution in [0.4, 0.5) is 0 Å². The molecule has 1 saturated heterocycles. The van der Waals surface area contributed by atoms with Gasteiger partial charge in [0.1, 0.15) is 0 Å². The van der Waals surface area contributed by atoms with Crippen LogP contribution >= 0.6 is 0 Å². The maximum absolute atomic E-state index is 12.1. The average Bonchev–Trinajstić information content (AvgIpc) is 2.32. The molecule has 18 heavy (non-hydrogen) atoms. The minimum atomic E-state index is 0.360. The Hall–Kier alpha value is -0.570. The third-order valence-electron chi connectivity index (χ3n) is 3.80. The molecule has 1 N–H and O–H groups in total. The zero-order chi connectivity index (χ0) is 13.4. The van der Waals surface area contributed by atoms with Gasteiger partial charge in [-0.05, 0) is 31.7 Å². The summed E-state index contributed by atoms with van der Waals surface area (Å²) in [7, 11) is 0. The van der Waals surface area contributed by atoms with Crippen LogP contribution in [0, 0.1) is 5.92 Å². The van der Waals surface area contributed by atoms with Gasteiger partial charge in [-0.3, -0.25) is 4.79 Å². The van der Waals surface area contributed by atoms with Crippen LogP contribution in [0.2, 0.25) is 0 Å². The Morgan fingerprint density at radius 1 is 1.22 bits per heavy atom. The van der Waals surface area contributed by atoms with E-state index in [0.29, 0.717) is 17.9 Å². The van der Waals surface area contributed by atoms with Crippen molar-refractivity contribution in [1.29, 1.82) is 0 Å². The second-order valence-corrected chi connectivity index (χ2v) is 5.81. The van der Waals surface area contributed by atoms with Gasteiger partial charge in [0.15, 0.2) is 0 Å². The number of carbonyl (C=O) groups excluding carboxylic acids is 1. The van der Waals surface area contributed by atoms with E-state index in [4.69, 9.17) is 0 Å². The molecular formula is C15H30N2O. The summed E-state index contributed by atoms with van der Waals surface area (Å²) in [6.45, 7) is 9.55. The fourth-order valence-electron chi connectivity index (χ4n) is 2.49. The van der Waals surface area contributed by atoms with E-state index in [0.717, 1.165) is 38.9 Å². The fourth-order valence-corrected chi connectivity index (χ4v) is 2.49. The molecule has 1 amide bonds. The molecule has 1 aliphatic rings. The van der Waals surface area contributed by atoms with E-state index in [1.807, 2.05) is 0 Å². The fraction of sp³-hybridized carbons (Fsp3) is 0.933. The summed E-state index contributed by atoms with van der Waals surface area (Å²) in [6, 6.07) is 0.438. The number of hydrogen-bond donors (Lipinski definition) is 1. The van der Waals surface area contributed by atoms with Crippen molar-refractivity contribution in [2.45, 2.75) is 65.3 Å². The van der Waals surface area contributed by atoms with Crippen molar-refractivity contribution in [2.75, 3.05) is 19.6 Å². The van der Waals surface area contributed by atoms with Crippen molar-refractivity contribution in [3.05, 3.63) is 0 Å². The maximum atomic E-state index is 12.1. The van der Waals surface area contributed by atoms with Crippen molar-refractivity contribution >= 4 is 5.91 Å². The molecule has 0 aromatic heterocycles. The van der Waals surface area contributed by atoms with Gasteiger partial charge < -0.3 is 10.2 Å². The molecular weight excluding hydrogens is 224 g/mol. The van der Waals surface area contributed by atoms with E-state index in [2.05, 4.69) is 31.0 Å². The zero-order valence-corrected chi connectivity index (χ0v) is 12.4. The van der Waals surface area contributed by atoms with Crippen LogP contribution in [0.3, 0.4) is 0 Å². The van der Waals surface area contributed by atoms with Gasteiger partial charge in [-0.1, -0.05) is 33.6 Å². The van der Waals surface area contributed by atoms with Gasteiger partial charge in [0.25, 0.3) is 0 Å². The molecule has 0 saturated carbocycles. The number of hydrogen-bond acceptors (Lipinski definition) is 2. The number of rotatable bonds is 6. The number of likely N-dealkylation sites (tertiary alicyclic amines) is 1. The van der Waals surface area contributed by atoms with Crippen molar-refractivity contribution in [3.8, 4) is 0 Å². The summed E-state index contributed by atoms with van der Waals surface area (Å²) in [5, 5.41) is 3.58. The highest BCUT2D eigenvalue weighted by atomic mass is 16.2. The molecule has 106 valence electrons. The molecule has 0 aromatic rings. The minimum Gasteiger partial charge on any atom is -0.341 e. The minimum absolute atomic E-state index is 0.360. The van der Waals surface area contributed by atoms with Crippen LogP contribution in [0.1, 0.15) is 59.3 Å². The Morgan fingerprint density at radius 2 is 1.94 bits per heavy atom. The van der Waals surface area contributed by atoms with Gasteiger partial charge in [0.05, 0.1) is 0 Å². The first-order chi connectivity index (χ1) is 8.65. The molecule has 1 aliphatic heterocycles. The largest absolute Gasteiger partial charge is 0.341 e. The molecule has 1 heterocycles. The molecule has 0 radical (unpaired) electrons. The normalized spacial score (nSPS) is 19.8. The molecule has 0 aliphatic carbocycles. The first kappa shape index (κ1) is 15.5. The predicted octanol–water partition coefficient (Wildman–Crippen LogP) is 2.80.